The van der Waals surface area contributed by atoms with Crippen molar-refractivity contribution in [3.8, 4) is 17.7 Å². The highest BCUT2D eigenvalue weighted by atomic mass is 16.6. The molecule has 3 aromatic rings. The Balaban J connectivity index is 1.44. The molecule has 0 aliphatic carbocycles. The van der Waals surface area contributed by atoms with E-state index in [-0.39, 0.29) is 17.7 Å². The molecular formula is C23H28N10O3. The highest BCUT2D eigenvalue weighted by Crippen LogP contribution is 2.28. The molecule has 4 rings (SSSR count). The third-order valence-electron chi connectivity index (χ3n) is 5.39. The predicted molar refractivity (Wildman–Crippen MR) is 129 cm³/mol. The average molecular weight is 493 g/mol. The molecule has 3 aromatic heterocycles. The van der Waals surface area contributed by atoms with E-state index in [4.69, 9.17) is 14.4 Å². The van der Waals surface area contributed by atoms with Crippen molar-refractivity contribution in [2.75, 3.05) is 30.3 Å². The molecule has 0 aromatic carbocycles. The van der Waals surface area contributed by atoms with Crippen molar-refractivity contribution in [1.82, 2.24) is 35.3 Å². The lowest BCUT2D eigenvalue weighted by molar-refractivity contribution is 0.0188. The zero-order chi connectivity index (χ0) is 25.7. The highest BCUT2D eigenvalue weighted by Gasteiger charge is 2.27. The van der Waals surface area contributed by atoms with Crippen molar-refractivity contribution in [3.63, 3.8) is 0 Å². The number of likely N-dealkylation sites (tertiary alicyclic amines) is 1. The van der Waals surface area contributed by atoms with Crippen molar-refractivity contribution in [2.24, 2.45) is 5.92 Å². The number of nitriles is 1. The number of rotatable bonds is 6. The van der Waals surface area contributed by atoms with Gasteiger partial charge in [-0.05, 0) is 39.5 Å². The number of hydrogen-bond acceptors (Lipinski definition) is 12. The van der Waals surface area contributed by atoms with Gasteiger partial charge in [-0.3, -0.25) is 0 Å². The molecule has 0 spiro atoms. The summed E-state index contributed by atoms with van der Waals surface area (Å²) in [6, 6.07) is 3.71. The van der Waals surface area contributed by atoms with Crippen LogP contribution in [0.25, 0.3) is 11.6 Å². The quantitative estimate of drug-likeness (QED) is 0.516. The summed E-state index contributed by atoms with van der Waals surface area (Å²) in [6.45, 7) is 9.22. The van der Waals surface area contributed by atoms with E-state index in [1.165, 1.54) is 12.4 Å². The van der Waals surface area contributed by atoms with E-state index in [9.17, 15) is 4.79 Å². The van der Waals surface area contributed by atoms with Crippen molar-refractivity contribution in [2.45, 2.75) is 46.1 Å². The predicted octanol–water partition coefficient (Wildman–Crippen LogP) is 3.30. The van der Waals surface area contributed by atoms with Crippen LogP contribution in [0.1, 0.15) is 45.2 Å². The monoisotopic (exact) mass is 492 g/mol. The Hall–Kier alpha value is -4.34. The van der Waals surface area contributed by atoms with Gasteiger partial charge in [-0.1, -0.05) is 0 Å². The van der Waals surface area contributed by atoms with E-state index < -0.39 is 5.60 Å². The fraction of sp³-hybridized carbons (Fsp3) is 0.478. The molecule has 36 heavy (non-hydrogen) atoms. The number of ether oxygens (including phenoxy) is 1. The van der Waals surface area contributed by atoms with Crippen LogP contribution in [-0.2, 0) is 4.74 Å². The van der Waals surface area contributed by atoms with Crippen LogP contribution in [0, 0.1) is 24.2 Å². The van der Waals surface area contributed by atoms with E-state index in [0.717, 1.165) is 12.8 Å². The number of nitrogens with one attached hydrogen (secondary N) is 2. The standard InChI is InChI=1S/C23H28N10O3/c1-14-29-32-21(35-14)20-17(9-18(30-31-20)28-19-13-25-16(10-24)12-27-19)26-11-15-5-7-33(8-6-15)22(34)36-23(2,3)4/h9,12-13,15H,5-8,11H2,1-4H3,(H2,26,27,28,30). The smallest absolute Gasteiger partial charge is 0.410 e. The van der Waals surface area contributed by atoms with Crippen LogP contribution in [0.15, 0.2) is 22.9 Å². The van der Waals surface area contributed by atoms with Gasteiger partial charge in [-0.2, -0.15) is 5.26 Å². The van der Waals surface area contributed by atoms with E-state index in [1.54, 1.807) is 17.9 Å². The largest absolute Gasteiger partial charge is 0.444 e. The highest BCUT2D eigenvalue weighted by molar-refractivity contribution is 5.71. The van der Waals surface area contributed by atoms with Gasteiger partial charge in [0, 0.05) is 32.6 Å². The summed E-state index contributed by atoms with van der Waals surface area (Å²) in [4.78, 5) is 22.2. The summed E-state index contributed by atoms with van der Waals surface area (Å²) in [7, 11) is 0. The zero-order valence-electron chi connectivity index (χ0n) is 20.6. The number of amides is 1. The first-order chi connectivity index (χ1) is 17.2. The minimum absolute atomic E-state index is 0.216. The molecule has 188 valence electrons. The van der Waals surface area contributed by atoms with Gasteiger partial charge in [0.15, 0.2) is 17.2 Å². The number of aromatic nitrogens is 6. The maximum absolute atomic E-state index is 12.3. The molecule has 1 amide bonds. The molecule has 13 heteroatoms. The second kappa shape index (κ2) is 10.5. The molecule has 1 aliphatic rings. The summed E-state index contributed by atoms with van der Waals surface area (Å²) >= 11 is 0. The Morgan fingerprint density at radius 2 is 1.94 bits per heavy atom. The van der Waals surface area contributed by atoms with Crippen LogP contribution < -0.4 is 10.6 Å². The molecule has 4 heterocycles. The maximum atomic E-state index is 12.3. The number of nitrogens with zero attached hydrogens (tertiary/aromatic N) is 8. The van der Waals surface area contributed by atoms with Gasteiger partial charge in [0.25, 0.3) is 5.89 Å². The van der Waals surface area contributed by atoms with Gasteiger partial charge in [-0.25, -0.2) is 14.8 Å². The first-order valence-corrected chi connectivity index (χ1v) is 11.6. The van der Waals surface area contributed by atoms with Crippen LogP contribution in [0.2, 0.25) is 0 Å². The summed E-state index contributed by atoms with van der Waals surface area (Å²) in [5.41, 5.74) is 0.794. The van der Waals surface area contributed by atoms with Crippen LogP contribution in [0.3, 0.4) is 0 Å². The van der Waals surface area contributed by atoms with Crippen LogP contribution >= 0.6 is 0 Å². The van der Waals surface area contributed by atoms with Crippen molar-refractivity contribution in [3.05, 3.63) is 30.0 Å². The van der Waals surface area contributed by atoms with Gasteiger partial charge >= 0.3 is 6.09 Å². The minimum Gasteiger partial charge on any atom is -0.444 e. The molecule has 13 nitrogen and oxygen atoms in total. The normalized spacial score (nSPS) is 14.2. The van der Waals surface area contributed by atoms with Crippen molar-refractivity contribution < 1.29 is 13.9 Å². The molecule has 0 bridgehead atoms. The van der Waals surface area contributed by atoms with E-state index >= 15 is 0 Å². The SMILES string of the molecule is Cc1nnc(-c2nnc(Nc3cnc(C#N)cn3)cc2NCC2CCN(C(=O)OC(C)(C)C)CC2)o1. The molecule has 0 atom stereocenters. The van der Waals surface area contributed by atoms with Crippen LogP contribution in [0.5, 0.6) is 0 Å². The summed E-state index contributed by atoms with van der Waals surface area (Å²) < 4.78 is 11.1. The lowest BCUT2D eigenvalue weighted by Crippen LogP contribution is -2.42. The minimum atomic E-state index is -0.511. The van der Waals surface area contributed by atoms with E-state index in [2.05, 4.69) is 41.0 Å². The van der Waals surface area contributed by atoms with Crippen molar-refractivity contribution >= 4 is 23.4 Å². The fourth-order valence-corrected chi connectivity index (χ4v) is 3.62. The number of aryl methyl sites for hydroxylation is 1. The van der Waals surface area contributed by atoms with Gasteiger partial charge in [0.2, 0.25) is 5.89 Å². The van der Waals surface area contributed by atoms with E-state index in [0.29, 0.717) is 54.5 Å². The maximum Gasteiger partial charge on any atom is 0.410 e. The molecule has 2 N–H and O–H groups in total. The number of anilines is 3. The van der Waals surface area contributed by atoms with Crippen LogP contribution in [0.4, 0.5) is 22.1 Å². The first kappa shape index (κ1) is 24.8. The fourth-order valence-electron chi connectivity index (χ4n) is 3.62. The van der Waals surface area contributed by atoms with Gasteiger partial charge in [-0.15, -0.1) is 20.4 Å². The number of carbonyl (C=O) groups excluding carboxylic acids is 1. The summed E-state index contributed by atoms with van der Waals surface area (Å²) in [6.07, 6.45) is 4.22. The molecule has 0 unspecified atom stereocenters. The number of carbonyl (C=O) groups is 1. The molecule has 1 aliphatic heterocycles. The zero-order valence-corrected chi connectivity index (χ0v) is 20.6. The summed E-state index contributed by atoms with van der Waals surface area (Å²) in [5.74, 6) is 1.87. The Bertz CT molecular complexity index is 1240. The van der Waals surface area contributed by atoms with E-state index in [1.807, 2.05) is 26.8 Å². The molecule has 0 radical (unpaired) electrons. The molecule has 0 saturated carbocycles. The second-order valence-electron chi connectivity index (χ2n) is 9.43. The molecule has 1 saturated heterocycles. The Kier molecular flexibility index (Phi) is 7.23. The molecular weight excluding hydrogens is 464 g/mol. The topological polar surface area (TPSA) is 168 Å². The van der Waals surface area contributed by atoms with Crippen LogP contribution in [-0.4, -0.2) is 66.6 Å². The Morgan fingerprint density at radius 3 is 2.56 bits per heavy atom. The van der Waals surface area contributed by atoms with Crippen molar-refractivity contribution in [1.29, 1.82) is 5.26 Å². The lowest BCUT2D eigenvalue weighted by atomic mass is 9.97. The Morgan fingerprint density at radius 1 is 1.17 bits per heavy atom. The van der Waals surface area contributed by atoms with Gasteiger partial charge in [0.1, 0.15) is 17.5 Å². The number of hydrogen-bond donors (Lipinski definition) is 2. The summed E-state index contributed by atoms with van der Waals surface area (Å²) in [5, 5.41) is 31.8. The first-order valence-electron chi connectivity index (χ1n) is 11.6. The van der Waals surface area contributed by atoms with Gasteiger partial charge in [0.05, 0.1) is 18.1 Å². The average Bonchev–Trinajstić information content (AvgIpc) is 3.28. The third kappa shape index (κ3) is 6.41. The molecule has 1 fully saturated rings. The second-order valence-corrected chi connectivity index (χ2v) is 9.43. The number of piperidine rings is 1. The van der Waals surface area contributed by atoms with Gasteiger partial charge < -0.3 is 24.7 Å². The lowest BCUT2D eigenvalue weighted by Gasteiger charge is -2.33. The third-order valence-corrected chi connectivity index (χ3v) is 5.39. The Labute approximate surface area is 208 Å².